The maximum absolute atomic E-state index is 5.68. The van der Waals surface area contributed by atoms with E-state index in [1.807, 2.05) is 26.0 Å². The van der Waals surface area contributed by atoms with E-state index < -0.39 is 0 Å². The van der Waals surface area contributed by atoms with E-state index in [0.717, 1.165) is 28.2 Å². The summed E-state index contributed by atoms with van der Waals surface area (Å²) in [7, 11) is 1.66. The molecule has 2 aromatic rings. The van der Waals surface area contributed by atoms with Gasteiger partial charge in [0, 0.05) is 5.56 Å². The van der Waals surface area contributed by atoms with Crippen molar-refractivity contribution in [2.45, 2.75) is 19.7 Å². The number of hydrogen-bond acceptors (Lipinski definition) is 3. The van der Waals surface area contributed by atoms with Crippen LogP contribution in [0, 0.1) is 13.8 Å². The minimum absolute atomic E-state index is 0.286. The first-order valence-corrected chi connectivity index (χ1v) is 5.85. The van der Waals surface area contributed by atoms with E-state index >= 15 is 0 Å². The molecule has 0 spiro atoms. The van der Waals surface area contributed by atoms with Gasteiger partial charge in [-0.15, -0.1) is 11.6 Å². The minimum Gasteiger partial charge on any atom is -0.497 e. The van der Waals surface area contributed by atoms with Crippen LogP contribution in [0.15, 0.2) is 22.7 Å². The normalized spacial score (nSPS) is 10.6. The summed E-state index contributed by atoms with van der Waals surface area (Å²) >= 11 is 5.68. The summed E-state index contributed by atoms with van der Waals surface area (Å²) in [6.07, 6.45) is 1.71. The number of hydrogen-bond donors (Lipinski definition) is 0. The number of alkyl halides is 1. The van der Waals surface area contributed by atoms with Crippen molar-refractivity contribution < 1.29 is 9.15 Å². The molecule has 4 heteroatoms. The monoisotopic (exact) mass is 251 g/mol. The van der Waals surface area contributed by atoms with Gasteiger partial charge < -0.3 is 9.15 Å². The van der Waals surface area contributed by atoms with Crippen LogP contribution in [0.3, 0.4) is 0 Å². The Labute approximate surface area is 105 Å². The lowest BCUT2D eigenvalue weighted by atomic mass is 10.0. The van der Waals surface area contributed by atoms with Gasteiger partial charge in [-0.1, -0.05) is 0 Å². The number of benzene rings is 1. The Balaban J connectivity index is 2.51. The third kappa shape index (κ3) is 2.29. The van der Waals surface area contributed by atoms with Gasteiger partial charge in [-0.3, -0.25) is 0 Å². The Morgan fingerprint density at radius 1 is 1.29 bits per heavy atom. The van der Waals surface area contributed by atoms with E-state index in [-0.39, 0.29) is 5.88 Å². The largest absolute Gasteiger partial charge is 0.497 e. The summed E-state index contributed by atoms with van der Waals surface area (Å²) < 4.78 is 10.8. The molecule has 0 unspecified atom stereocenters. The summed E-state index contributed by atoms with van der Waals surface area (Å²) in [5.74, 6) is 2.42. The number of halogens is 1. The molecule has 0 N–H and O–H groups in total. The van der Waals surface area contributed by atoms with Crippen LogP contribution in [0.2, 0.25) is 0 Å². The van der Waals surface area contributed by atoms with Gasteiger partial charge in [-0.2, -0.15) is 0 Å². The van der Waals surface area contributed by atoms with Gasteiger partial charge in [0.1, 0.15) is 5.75 Å². The third-order valence-corrected chi connectivity index (χ3v) is 2.88. The van der Waals surface area contributed by atoms with Gasteiger partial charge in [0.25, 0.3) is 0 Å². The zero-order valence-electron chi connectivity index (χ0n) is 10.1. The van der Waals surface area contributed by atoms with Gasteiger partial charge in [-0.05, 0) is 37.1 Å². The number of aromatic nitrogens is 1. The Hall–Kier alpha value is -1.48. The Morgan fingerprint density at radius 2 is 1.94 bits per heavy atom. The molecular formula is C13H14ClNO2. The number of ether oxygens (including phenoxy) is 1. The molecule has 0 atom stereocenters. The van der Waals surface area contributed by atoms with Crippen LogP contribution in [0.5, 0.6) is 5.75 Å². The second-order valence-electron chi connectivity index (χ2n) is 3.89. The second-order valence-corrected chi connectivity index (χ2v) is 4.16. The van der Waals surface area contributed by atoms with Crippen molar-refractivity contribution in [3.63, 3.8) is 0 Å². The number of nitrogens with zero attached hydrogens (tertiary/aromatic N) is 1. The van der Waals surface area contributed by atoms with Crippen molar-refractivity contribution >= 4 is 11.6 Å². The van der Waals surface area contributed by atoms with E-state index in [4.69, 9.17) is 20.8 Å². The molecule has 2 rings (SSSR count). The molecule has 0 aliphatic carbocycles. The van der Waals surface area contributed by atoms with Crippen molar-refractivity contribution in [1.29, 1.82) is 0 Å². The molecule has 3 nitrogen and oxygen atoms in total. The van der Waals surface area contributed by atoms with Crippen LogP contribution >= 0.6 is 11.6 Å². The van der Waals surface area contributed by atoms with E-state index in [2.05, 4.69) is 4.98 Å². The molecule has 0 saturated carbocycles. The molecule has 1 heterocycles. The second kappa shape index (κ2) is 4.80. The lowest BCUT2D eigenvalue weighted by molar-refractivity contribution is 0.414. The molecule has 1 aromatic heterocycles. The zero-order valence-corrected chi connectivity index (χ0v) is 10.8. The summed E-state index contributed by atoms with van der Waals surface area (Å²) in [6.45, 7) is 4.04. The molecule has 0 bridgehead atoms. The standard InChI is InChI=1S/C13H14ClNO2/c1-8-4-10(16-3)5-9(2)13(8)11-7-15-12(6-14)17-11/h4-5,7H,6H2,1-3H3. The van der Waals surface area contributed by atoms with Gasteiger partial charge in [-0.25, -0.2) is 4.98 Å². The number of oxazole rings is 1. The number of rotatable bonds is 3. The maximum Gasteiger partial charge on any atom is 0.209 e. The topological polar surface area (TPSA) is 35.3 Å². The highest BCUT2D eigenvalue weighted by molar-refractivity contribution is 6.16. The summed E-state index contributed by atoms with van der Waals surface area (Å²) in [4.78, 5) is 4.11. The molecule has 17 heavy (non-hydrogen) atoms. The van der Waals surface area contributed by atoms with Crippen LogP contribution in [0.4, 0.5) is 0 Å². The maximum atomic E-state index is 5.68. The van der Waals surface area contributed by atoms with Gasteiger partial charge in [0.15, 0.2) is 5.76 Å². The SMILES string of the molecule is COc1cc(C)c(-c2cnc(CCl)o2)c(C)c1. The Morgan fingerprint density at radius 3 is 2.41 bits per heavy atom. The summed E-state index contributed by atoms with van der Waals surface area (Å²) in [5, 5.41) is 0. The fourth-order valence-electron chi connectivity index (χ4n) is 1.92. The van der Waals surface area contributed by atoms with Crippen LogP contribution in [-0.2, 0) is 5.88 Å². The first kappa shape index (κ1) is 12.0. The molecule has 0 amide bonds. The fraction of sp³-hybridized carbons (Fsp3) is 0.308. The van der Waals surface area contributed by atoms with E-state index in [9.17, 15) is 0 Å². The van der Waals surface area contributed by atoms with Crippen molar-refractivity contribution in [3.8, 4) is 17.1 Å². The smallest absolute Gasteiger partial charge is 0.209 e. The summed E-state index contributed by atoms with van der Waals surface area (Å²) in [6, 6.07) is 3.95. The Kier molecular flexibility index (Phi) is 3.38. The highest BCUT2D eigenvalue weighted by Gasteiger charge is 2.12. The molecule has 0 aliphatic heterocycles. The van der Waals surface area contributed by atoms with Crippen molar-refractivity contribution in [1.82, 2.24) is 4.98 Å². The minimum atomic E-state index is 0.286. The third-order valence-electron chi connectivity index (χ3n) is 2.66. The zero-order chi connectivity index (χ0) is 12.4. The quantitative estimate of drug-likeness (QED) is 0.780. The van der Waals surface area contributed by atoms with Crippen molar-refractivity contribution in [2.75, 3.05) is 7.11 Å². The molecule has 0 fully saturated rings. The van der Waals surface area contributed by atoms with Crippen molar-refractivity contribution in [2.24, 2.45) is 0 Å². The highest BCUT2D eigenvalue weighted by atomic mass is 35.5. The van der Waals surface area contributed by atoms with Crippen LogP contribution < -0.4 is 4.74 Å². The molecule has 0 aliphatic rings. The Bertz CT molecular complexity index is 511. The van der Waals surface area contributed by atoms with E-state index in [1.165, 1.54) is 0 Å². The lowest BCUT2D eigenvalue weighted by Gasteiger charge is -2.09. The predicted molar refractivity (Wildman–Crippen MR) is 67.5 cm³/mol. The average Bonchev–Trinajstić information content (AvgIpc) is 2.76. The molecule has 0 radical (unpaired) electrons. The first-order chi connectivity index (χ1) is 8.15. The molecular weight excluding hydrogens is 238 g/mol. The van der Waals surface area contributed by atoms with Crippen LogP contribution in [0.1, 0.15) is 17.0 Å². The number of aryl methyl sites for hydroxylation is 2. The van der Waals surface area contributed by atoms with Gasteiger partial charge in [0.05, 0.1) is 19.2 Å². The summed E-state index contributed by atoms with van der Waals surface area (Å²) in [5.41, 5.74) is 3.24. The predicted octanol–water partition coefficient (Wildman–Crippen LogP) is 3.71. The van der Waals surface area contributed by atoms with Crippen molar-refractivity contribution in [3.05, 3.63) is 35.3 Å². The van der Waals surface area contributed by atoms with Crippen LogP contribution in [-0.4, -0.2) is 12.1 Å². The van der Waals surface area contributed by atoms with E-state index in [0.29, 0.717) is 5.89 Å². The fourth-order valence-corrected chi connectivity index (χ4v) is 2.04. The van der Waals surface area contributed by atoms with Crippen LogP contribution in [0.25, 0.3) is 11.3 Å². The van der Waals surface area contributed by atoms with Gasteiger partial charge in [0.2, 0.25) is 5.89 Å². The molecule has 0 saturated heterocycles. The number of methoxy groups -OCH3 is 1. The molecule has 90 valence electrons. The van der Waals surface area contributed by atoms with E-state index in [1.54, 1.807) is 13.3 Å². The van der Waals surface area contributed by atoms with Gasteiger partial charge >= 0.3 is 0 Å². The average molecular weight is 252 g/mol. The first-order valence-electron chi connectivity index (χ1n) is 5.32. The molecule has 1 aromatic carbocycles. The lowest BCUT2D eigenvalue weighted by Crippen LogP contribution is -1.90. The highest BCUT2D eigenvalue weighted by Crippen LogP contribution is 2.31.